The van der Waals surface area contributed by atoms with Crippen LogP contribution in [0.3, 0.4) is 0 Å². The van der Waals surface area contributed by atoms with E-state index in [1.807, 2.05) is 37.3 Å². The third-order valence-corrected chi connectivity index (χ3v) is 4.98. The highest BCUT2D eigenvalue weighted by Crippen LogP contribution is 2.23. The van der Waals surface area contributed by atoms with Crippen LogP contribution >= 0.6 is 0 Å². The minimum Gasteiger partial charge on any atom is -0.492 e. The molecule has 0 heterocycles. The molecule has 6 heteroatoms. The number of benzene rings is 2. The summed E-state index contributed by atoms with van der Waals surface area (Å²) in [5.74, 6) is 0.398. The Labute approximate surface area is 172 Å². The summed E-state index contributed by atoms with van der Waals surface area (Å²) >= 11 is 0. The highest BCUT2D eigenvalue weighted by molar-refractivity contribution is 5.96. The first-order valence-electron chi connectivity index (χ1n) is 10.3. The van der Waals surface area contributed by atoms with E-state index >= 15 is 0 Å². The molecule has 2 amide bonds. The lowest BCUT2D eigenvalue weighted by molar-refractivity contribution is -0.114. The first-order valence-corrected chi connectivity index (χ1v) is 10.3. The maximum Gasteiger partial charge on any atom is 0.251 e. The van der Waals surface area contributed by atoms with E-state index in [9.17, 15) is 9.59 Å². The van der Waals surface area contributed by atoms with Gasteiger partial charge in [0.2, 0.25) is 5.91 Å². The molecule has 2 aromatic carbocycles. The Bertz CT molecular complexity index is 832. The smallest absolute Gasteiger partial charge is 0.251 e. The SMILES string of the molecule is CCOc1ccccc1NC(=O)CNc1cccc(C(=O)NC2CCCCC2)c1. The number of hydrogen-bond acceptors (Lipinski definition) is 4. The monoisotopic (exact) mass is 395 g/mol. The van der Waals surface area contributed by atoms with Crippen molar-refractivity contribution < 1.29 is 14.3 Å². The van der Waals surface area contributed by atoms with Crippen molar-refractivity contribution in [2.45, 2.75) is 45.1 Å². The molecule has 0 radical (unpaired) electrons. The normalized spacial score (nSPS) is 14.1. The van der Waals surface area contributed by atoms with E-state index in [-0.39, 0.29) is 24.4 Å². The van der Waals surface area contributed by atoms with Crippen molar-refractivity contribution in [2.75, 3.05) is 23.8 Å². The van der Waals surface area contributed by atoms with Gasteiger partial charge in [0, 0.05) is 17.3 Å². The Balaban J connectivity index is 1.53. The zero-order chi connectivity index (χ0) is 20.5. The first kappa shape index (κ1) is 20.7. The average molecular weight is 396 g/mol. The molecule has 0 atom stereocenters. The average Bonchev–Trinajstić information content (AvgIpc) is 2.75. The van der Waals surface area contributed by atoms with Crippen LogP contribution in [0.2, 0.25) is 0 Å². The highest BCUT2D eigenvalue weighted by atomic mass is 16.5. The Morgan fingerprint density at radius 1 is 1.03 bits per heavy atom. The van der Waals surface area contributed by atoms with Crippen LogP contribution in [0.1, 0.15) is 49.4 Å². The lowest BCUT2D eigenvalue weighted by Crippen LogP contribution is -2.36. The summed E-state index contributed by atoms with van der Waals surface area (Å²) in [5, 5.41) is 9.05. The summed E-state index contributed by atoms with van der Waals surface area (Å²) in [4.78, 5) is 24.8. The van der Waals surface area contributed by atoms with Gasteiger partial charge in [-0.25, -0.2) is 0 Å². The number of ether oxygens (including phenoxy) is 1. The van der Waals surface area contributed by atoms with E-state index < -0.39 is 0 Å². The Kier molecular flexibility index (Phi) is 7.50. The van der Waals surface area contributed by atoms with Crippen molar-refractivity contribution in [3.8, 4) is 5.75 Å². The topological polar surface area (TPSA) is 79.5 Å². The number of rotatable bonds is 8. The number of para-hydroxylation sites is 2. The van der Waals surface area contributed by atoms with Crippen LogP contribution in [0.5, 0.6) is 5.75 Å². The molecule has 2 aromatic rings. The van der Waals surface area contributed by atoms with Gasteiger partial charge in [-0.05, 0) is 50.1 Å². The van der Waals surface area contributed by atoms with Gasteiger partial charge in [-0.15, -0.1) is 0 Å². The van der Waals surface area contributed by atoms with Crippen LogP contribution in [-0.4, -0.2) is 31.0 Å². The molecule has 0 saturated heterocycles. The van der Waals surface area contributed by atoms with Crippen LogP contribution in [0.4, 0.5) is 11.4 Å². The molecule has 0 unspecified atom stereocenters. The summed E-state index contributed by atoms with van der Waals surface area (Å²) < 4.78 is 5.53. The lowest BCUT2D eigenvalue weighted by atomic mass is 9.95. The Morgan fingerprint density at radius 2 is 1.83 bits per heavy atom. The molecule has 1 aliphatic rings. The number of nitrogens with one attached hydrogen (secondary N) is 3. The number of hydrogen-bond donors (Lipinski definition) is 3. The predicted molar refractivity (Wildman–Crippen MR) is 116 cm³/mol. The molecule has 0 aliphatic heterocycles. The maximum atomic E-state index is 12.5. The standard InChI is InChI=1S/C23H29N3O3/c1-2-29-21-14-7-6-13-20(21)26-22(27)16-24-19-12-8-9-17(15-19)23(28)25-18-10-4-3-5-11-18/h6-9,12-15,18,24H,2-5,10-11,16H2,1H3,(H,25,28)(H,26,27). The van der Waals surface area contributed by atoms with Crippen LogP contribution in [0, 0.1) is 0 Å². The second-order valence-electron chi connectivity index (χ2n) is 7.22. The van der Waals surface area contributed by atoms with Gasteiger partial charge in [-0.1, -0.05) is 37.5 Å². The third-order valence-electron chi connectivity index (χ3n) is 4.98. The molecule has 0 bridgehead atoms. The van der Waals surface area contributed by atoms with E-state index in [1.54, 1.807) is 18.2 Å². The predicted octanol–water partition coefficient (Wildman–Crippen LogP) is 4.20. The van der Waals surface area contributed by atoms with Crippen LogP contribution in [0.15, 0.2) is 48.5 Å². The van der Waals surface area contributed by atoms with Gasteiger partial charge in [0.1, 0.15) is 5.75 Å². The van der Waals surface area contributed by atoms with E-state index in [0.29, 0.717) is 23.6 Å². The Morgan fingerprint density at radius 3 is 2.62 bits per heavy atom. The van der Waals surface area contributed by atoms with Crippen molar-refractivity contribution in [2.24, 2.45) is 0 Å². The molecule has 0 aromatic heterocycles. The molecule has 6 nitrogen and oxygen atoms in total. The zero-order valence-electron chi connectivity index (χ0n) is 16.9. The van der Waals surface area contributed by atoms with Crippen molar-refractivity contribution in [1.29, 1.82) is 0 Å². The second-order valence-corrected chi connectivity index (χ2v) is 7.22. The molecule has 1 aliphatic carbocycles. The summed E-state index contributed by atoms with van der Waals surface area (Å²) in [5.41, 5.74) is 1.97. The van der Waals surface area contributed by atoms with E-state index in [0.717, 1.165) is 18.5 Å². The summed E-state index contributed by atoms with van der Waals surface area (Å²) in [6, 6.07) is 14.8. The number of amides is 2. The lowest BCUT2D eigenvalue weighted by Gasteiger charge is -2.22. The molecule has 1 fully saturated rings. The van der Waals surface area contributed by atoms with Crippen LogP contribution < -0.4 is 20.7 Å². The summed E-state index contributed by atoms with van der Waals surface area (Å²) in [7, 11) is 0. The zero-order valence-corrected chi connectivity index (χ0v) is 16.9. The summed E-state index contributed by atoms with van der Waals surface area (Å²) in [6.07, 6.45) is 5.70. The molecular formula is C23H29N3O3. The molecular weight excluding hydrogens is 366 g/mol. The first-order chi connectivity index (χ1) is 14.2. The minimum atomic E-state index is -0.186. The fraction of sp³-hybridized carbons (Fsp3) is 0.391. The quantitative estimate of drug-likeness (QED) is 0.626. The molecule has 3 N–H and O–H groups in total. The Hall–Kier alpha value is -3.02. The largest absolute Gasteiger partial charge is 0.492 e. The number of carbonyl (C=O) groups is 2. The van der Waals surface area contributed by atoms with Crippen molar-refractivity contribution in [1.82, 2.24) is 5.32 Å². The highest BCUT2D eigenvalue weighted by Gasteiger charge is 2.17. The second kappa shape index (κ2) is 10.5. The number of carbonyl (C=O) groups excluding carboxylic acids is 2. The van der Waals surface area contributed by atoms with Crippen molar-refractivity contribution >= 4 is 23.2 Å². The fourth-order valence-electron chi connectivity index (χ4n) is 3.51. The van der Waals surface area contributed by atoms with Crippen molar-refractivity contribution in [3.63, 3.8) is 0 Å². The van der Waals surface area contributed by atoms with Gasteiger partial charge in [-0.2, -0.15) is 0 Å². The van der Waals surface area contributed by atoms with E-state index in [1.165, 1.54) is 19.3 Å². The van der Waals surface area contributed by atoms with Gasteiger partial charge in [0.05, 0.1) is 18.8 Å². The van der Waals surface area contributed by atoms with Gasteiger partial charge in [0.15, 0.2) is 0 Å². The van der Waals surface area contributed by atoms with Gasteiger partial charge < -0.3 is 20.7 Å². The third kappa shape index (κ3) is 6.24. The molecule has 0 spiro atoms. The van der Waals surface area contributed by atoms with Gasteiger partial charge >= 0.3 is 0 Å². The number of anilines is 2. The van der Waals surface area contributed by atoms with E-state index in [4.69, 9.17) is 4.74 Å². The summed E-state index contributed by atoms with van der Waals surface area (Å²) in [6.45, 7) is 2.52. The fourth-order valence-corrected chi connectivity index (χ4v) is 3.51. The maximum absolute atomic E-state index is 12.5. The van der Waals surface area contributed by atoms with Crippen LogP contribution in [0.25, 0.3) is 0 Å². The molecule has 1 saturated carbocycles. The molecule has 3 rings (SSSR count). The van der Waals surface area contributed by atoms with Gasteiger partial charge in [-0.3, -0.25) is 9.59 Å². The van der Waals surface area contributed by atoms with Crippen LogP contribution in [-0.2, 0) is 4.79 Å². The van der Waals surface area contributed by atoms with E-state index in [2.05, 4.69) is 16.0 Å². The minimum absolute atomic E-state index is 0.0596. The molecule has 154 valence electrons. The van der Waals surface area contributed by atoms with Gasteiger partial charge in [0.25, 0.3) is 5.91 Å². The molecule has 29 heavy (non-hydrogen) atoms. The van der Waals surface area contributed by atoms with Crippen molar-refractivity contribution in [3.05, 3.63) is 54.1 Å².